The third-order valence-electron chi connectivity index (χ3n) is 3.27. The van der Waals surface area contributed by atoms with Crippen molar-refractivity contribution in [1.29, 1.82) is 0 Å². The maximum absolute atomic E-state index is 5.34. The predicted molar refractivity (Wildman–Crippen MR) is 86.1 cm³/mol. The number of piperazine rings is 1. The maximum atomic E-state index is 5.34. The van der Waals surface area contributed by atoms with Crippen LogP contribution < -0.4 is 5.32 Å². The van der Waals surface area contributed by atoms with Gasteiger partial charge in [-0.15, -0.1) is 11.8 Å². The van der Waals surface area contributed by atoms with Crippen molar-refractivity contribution < 1.29 is 4.52 Å². The standard InChI is InChI=1S/C14H17BrN4OS/c15-11-3-1-2-4-12(11)21-10-13-17-14(20-18-13)9-19-7-5-16-6-8-19/h1-4,16H,5-10H2. The van der Waals surface area contributed by atoms with Gasteiger partial charge in [0, 0.05) is 35.5 Å². The van der Waals surface area contributed by atoms with Crippen LogP contribution in [0, 0.1) is 0 Å². The fraction of sp³-hybridized carbons (Fsp3) is 0.429. The largest absolute Gasteiger partial charge is 0.338 e. The number of rotatable bonds is 5. The van der Waals surface area contributed by atoms with Crippen molar-refractivity contribution in [2.75, 3.05) is 26.2 Å². The lowest BCUT2D eigenvalue weighted by Crippen LogP contribution is -2.42. The zero-order chi connectivity index (χ0) is 14.5. The SMILES string of the molecule is Brc1ccccc1SCc1noc(CN2CCNCC2)n1. The molecule has 0 spiro atoms. The Labute approximate surface area is 136 Å². The van der Waals surface area contributed by atoms with Crippen LogP contribution in [0.4, 0.5) is 0 Å². The van der Waals surface area contributed by atoms with Gasteiger partial charge in [0.25, 0.3) is 0 Å². The van der Waals surface area contributed by atoms with Gasteiger partial charge in [0.15, 0.2) is 5.82 Å². The molecule has 1 fully saturated rings. The lowest BCUT2D eigenvalue weighted by Gasteiger charge is -2.25. The Bertz CT molecular complexity index is 586. The fourth-order valence-electron chi connectivity index (χ4n) is 2.18. The number of hydrogen-bond donors (Lipinski definition) is 1. The molecule has 1 aliphatic heterocycles. The average Bonchev–Trinajstić information content (AvgIpc) is 2.95. The van der Waals surface area contributed by atoms with E-state index in [-0.39, 0.29) is 0 Å². The van der Waals surface area contributed by atoms with E-state index in [9.17, 15) is 0 Å². The van der Waals surface area contributed by atoms with Gasteiger partial charge in [-0.3, -0.25) is 4.90 Å². The minimum atomic E-state index is 0.708. The van der Waals surface area contributed by atoms with E-state index in [0.29, 0.717) is 11.6 Å². The number of halogens is 1. The highest BCUT2D eigenvalue weighted by molar-refractivity contribution is 9.10. The van der Waals surface area contributed by atoms with E-state index in [1.54, 1.807) is 11.8 Å². The minimum Gasteiger partial charge on any atom is -0.338 e. The van der Waals surface area contributed by atoms with Gasteiger partial charge in [0.1, 0.15) is 0 Å². The molecule has 7 heteroatoms. The van der Waals surface area contributed by atoms with Crippen LogP contribution in [0.3, 0.4) is 0 Å². The van der Waals surface area contributed by atoms with Gasteiger partial charge >= 0.3 is 0 Å². The van der Waals surface area contributed by atoms with E-state index >= 15 is 0 Å². The Morgan fingerprint density at radius 1 is 1.29 bits per heavy atom. The van der Waals surface area contributed by atoms with Crippen LogP contribution >= 0.6 is 27.7 Å². The van der Waals surface area contributed by atoms with E-state index in [1.807, 2.05) is 18.2 Å². The van der Waals surface area contributed by atoms with Crippen molar-refractivity contribution >= 4 is 27.7 Å². The number of hydrogen-bond acceptors (Lipinski definition) is 6. The van der Waals surface area contributed by atoms with E-state index in [1.165, 1.54) is 4.90 Å². The molecule has 1 saturated heterocycles. The van der Waals surface area contributed by atoms with Gasteiger partial charge < -0.3 is 9.84 Å². The van der Waals surface area contributed by atoms with Gasteiger partial charge in [-0.25, -0.2) is 0 Å². The van der Waals surface area contributed by atoms with Gasteiger partial charge in [-0.2, -0.15) is 4.98 Å². The van der Waals surface area contributed by atoms with Gasteiger partial charge in [-0.05, 0) is 28.1 Å². The number of benzene rings is 1. The molecule has 0 bridgehead atoms. The van der Waals surface area contributed by atoms with Crippen molar-refractivity contribution in [3.8, 4) is 0 Å². The highest BCUT2D eigenvalue weighted by Gasteiger charge is 2.14. The topological polar surface area (TPSA) is 54.2 Å². The highest BCUT2D eigenvalue weighted by atomic mass is 79.9. The zero-order valence-corrected chi connectivity index (χ0v) is 14.0. The second-order valence-corrected chi connectivity index (χ2v) is 6.72. The summed E-state index contributed by atoms with van der Waals surface area (Å²) >= 11 is 5.25. The van der Waals surface area contributed by atoms with Crippen LogP contribution in [-0.4, -0.2) is 41.2 Å². The first-order valence-corrected chi connectivity index (χ1v) is 8.71. The lowest BCUT2D eigenvalue weighted by molar-refractivity contribution is 0.203. The van der Waals surface area contributed by atoms with Crippen LogP contribution in [0.5, 0.6) is 0 Å². The molecule has 112 valence electrons. The highest BCUT2D eigenvalue weighted by Crippen LogP contribution is 2.28. The van der Waals surface area contributed by atoms with Crippen LogP contribution in [-0.2, 0) is 12.3 Å². The average molecular weight is 369 g/mol. The fourth-order valence-corrected chi connectivity index (χ4v) is 3.59. The molecular formula is C14H17BrN4OS. The van der Waals surface area contributed by atoms with Crippen molar-refractivity contribution in [3.05, 3.63) is 40.5 Å². The third kappa shape index (κ3) is 4.29. The summed E-state index contributed by atoms with van der Waals surface area (Å²) in [5.41, 5.74) is 0. The van der Waals surface area contributed by atoms with E-state index in [2.05, 4.69) is 42.4 Å². The van der Waals surface area contributed by atoms with Crippen LogP contribution in [0.25, 0.3) is 0 Å². The van der Waals surface area contributed by atoms with E-state index in [0.717, 1.165) is 43.0 Å². The van der Waals surface area contributed by atoms with Crippen LogP contribution in [0.15, 0.2) is 38.2 Å². The Kier molecular flexibility index (Phi) is 5.29. The minimum absolute atomic E-state index is 0.708. The van der Waals surface area contributed by atoms with Crippen molar-refractivity contribution in [2.24, 2.45) is 0 Å². The first-order valence-electron chi connectivity index (χ1n) is 6.93. The third-order valence-corrected chi connectivity index (χ3v) is 5.30. The summed E-state index contributed by atoms with van der Waals surface area (Å²) in [6.45, 7) is 4.86. The maximum Gasteiger partial charge on any atom is 0.240 e. The number of nitrogens with zero attached hydrogens (tertiary/aromatic N) is 3. The number of thioether (sulfide) groups is 1. The van der Waals surface area contributed by atoms with E-state index < -0.39 is 0 Å². The monoisotopic (exact) mass is 368 g/mol. The molecule has 1 aromatic carbocycles. The van der Waals surface area contributed by atoms with Gasteiger partial charge in [0.2, 0.25) is 5.89 Å². The Morgan fingerprint density at radius 2 is 2.10 bits per heavy atom. The van der Waals surface area contributed by atoms with Gasteiger partial charge in [0.05, 0.1) is 12.3 Å². The molecule has 2 aromatic rings. The summed E-state index contributed by atoms with van der Waals surface area (Å²) in [6.07, 6.45) is 0. The molecule has 1 N–H and O–H groups in total. The quantitative estimate of drug-likeness (QED) is 0.818. The lowest BCUT2D eigenvalue weighted by atomic mass is 10.3. The Morgan fingerprint density at radius 3 is 2.90 bits per heavy atom. The first-order chi connectivity index (χ1) is 10.3. The number of aromatic nitrogens is 2. The smallest absolute Gasteiger partial charge is 0.240 e. The molecule has 1 aromatic heterocycles. The van der Waals surface area contributed by atoms with Crippen LogP contribution in [0.2, 0.25) is 0 Å². The molecule has 0 saturated carbocycles. The molecular weight excluding hydrogens is 352 g/mol. The van der Waals surface area contributed by atoms with Crippen molar-refractivity contribution in [1.82, 2.24) is 20.4 Å². The molecule has 0 atom stereocenters. The molecule has 21 heavy (non-hydrogen) atoms. The molecule has 1 aliphatic rings. The summed E-state index contributed by atoms with van der Waals surface area (Å²) in [4.78, 5) is 7.99. The summed E-state index contributed by atoms with van der Waals surface area (Å²) in [5.74, 6) is 2.17. The summed E-state index contributed by atoms with van der Waals surface area (Å²) in [6, 6.07) is 8.15. The second-order valence-electron chi connectivity index (χ2n) is 4.85. The van der Waals surface area contributed by atoms with Crippen LogP contribution in [0.1, 0.15) is 11.7 Å². The Hall–Kier alpha value is -0.890. The van der Waals surface area contributed by atoms with Crippen molar-refractivity contribution in [2.45, 2.75) is 17.2 Å². The molecule has 0 radical (unpaired) electrons. The summed E-state index contributed by atoms with van der Waals surface area (Å²) in [5, 5.41) is 7.40. The van der Waals surface area contributed by atoms with Gasteiger partial charge in [-0.1, -0.05) is 17.3 Å². The molecule has 2 heterocycles. The second kappa shape index (κ2) is 7.40. The summed E-state index contributed by atoms with van der Waals surface area (Å²) in [7, 11) is 0. The zero-order valence-electron chi connectivity index (χ0n) is 11.6. The molecule has 3 rings (SSSR count). The summed E-state index contributed by atoms with van der Waals surface area (Å²) < 4.78 is 6.43. The predicted octanol–water partition coefficient (Wildman–Crippen LogP) is 2.53. The van der Waals surface area contributed by atoms with Crippen molar-refractivity contribution in [3.63, 3.8) is 0 Å². The number of nitrogens with one attached hydrogen (secondary N) is 1. The molecule has 0 amide bonds. The first kappa shape index (κ1) is 15.0. The van der Waals surface area contributed by atoms with E-state index in [4.69, 9.17) is 4.52 Å². The molecule has 0 unspecified atom stereocenters. The normalized spacial score (nSPS) is 16.2. The molecule has 0 aliphatic carbocycles. The Balaban J connectivity index is 1.54. The molecule has 5 nitrogen and oxygen atoms in total.